The lowest BCUT2D eigenvalue weighted by Gasteiger charge is -2.09. The Balaban J connectivity index is 1.88. The van der Waals surface area contributed by atoms with Crippen molar-refractivity contribution in [1.82, 2.24) is 0 Å². The lowest BCUT2D eigenvalue weighted by Crippen LogP contribution is -2.09. The first kappa shape index (κ1) is 16.2. The van der Waals surface area contributed by atoms with Crippen molar-refractivity contribution >= 4 is 31.1 Å². The van der Waals surface area contributed by atoms with Gasteiger partial charge in [0.1, 0.15) is 11.5 Å². The smallest absolute Gasteiger partial charge is 0.123 e. The predicted octanol–water partition coefficient (Wildman–Crippen LogP) is 3.78. The molecule has 0 spiro atoms. The quantitative estimate of drug-likeness (QED) is 0.569. The van der Waals surface area contributed by atoms with E-state index in [1.807, 2.05) is 60.8 Å². The number of methoxy groups -OCH3 is 1. The molecule has 3 rings (SSSR count). The van der Waals surface area contributed by atoms with Crippen LogP contribution in [0.25, 0.3) is 0 Å². The van der Waals surface area contributed by atoms with Crippen molar-refractivity contribution in [1.29, 1.82) is 0 Å². The van der Waals surface area contributed by atoms with Crippen molar-refractivity contribution in [2.45, 2.75) is 0 Å². The Kier molecular flexibility index (Phi) is 5.25. The van der Waals surface area contributed by atoms with E-state index in [1.54, 1.807) is 19.2 Å². The third-order valence-electron chi connectivity index (χ3n) is 3.54. The molecule has 1 N–H and O–H groups in total. The van der Waals surface area contributed by atoms with Crippen molar-refractivity contribution in [3.8, 4) is 11.5 Å². The summed E-state index contributed by atoms with van der Waals surface area (Å²) < 4.78 is 5.25. The van der Waals surface area contributed by atoms with Crippen molar-refractivity contribution < 1.29 is 9.84 Å². The summed E-state index contributed by atoms with van der Waals surface area (Å²) in [5.74, 6) is 1.02. The van der Waals surface area contributed by atoms with Crippen LogP contribution in [-0.2, 0) is 0 Å². The van der Waals surface area contributed by atoms with Crippen LogP contribution in [0, 0.1) is 0 Å². The first-order valence-corrected chi connectivity index (χ1v) is 8.58. The van der Waals surface area contributed by atoms with E-state index in [0.717, 1.165) is 27.6 Å². The van der Waals surface area contributed by atoms with Crippen LogP contribution in [0.5, 0.6) is 11.5 Å². The molecule has 0 radical (unpaired) electrons. The second-order valence-electron chi connectivity index (χ2n) is 5.19. The highest BCUT2D eigenvalue weighted by molar-refractivity contribution is 7.56. The largest absolute Gasteiger partial charge is 0.507 e. The normalized spacial score (nSPS) is 11.4. The summed E-state index contributed by atoms with van der Waals surface area (Å²) in [6, 6.07) is 23.2. The van der Waals surface area contributed by atoms with E-state index in [0.29, 0.717) is 8.58 Å². The Labute approximate surface area is 143 Å². The summed E-state index contributed by atoms with van der Waals surface area (Å²) in [5, 5.41) is 12.1. The summed E-state index contributed by atoms with van der Waals surface area (Å²) in [7, 11) is 1.94. The van der Waals surface area contributed by atoms with E-state index in [2.05, 4.69) is 11.1 Å². The van der Waals surface area contributed by atoms with Crippen LogP contribution in [0.15, 0.2) is 77.8 Å². The molecular weight excluding hydrogens is 317 g/mol. The highest BCUT2D eigenvalue weighted by Gasteiger charge is 2.07. The summed E-state index contributed by atoms with van der Waals surface area (Å²) in [5.41, 5.74) is 1.96. The second-order valence-corrected chi connectivity index (χ2v) is 6.52. The van der Waals surface area contributed by atoms with Crippen LogP contribution in [0.4, 0.5) is 5.69 Å². The Morgan fingerprint density at radius 3 is 2.46 bits per heavy atom. The highest BCUT2D eigenvalue weighted by Crippen LogP contribution is 2.23. The predicted molar refractivity (Wildman–Crippen MR) is 102 cm³/mol. The molecule has 1 atom stereocenters. The monoisotopic (exact) mass is 335 g/mol. The van der Waals surface area contributed by atoms with Crippen molar-refractivity contribution in [2.75, 3.05) is 7.11 Å². The fraction of sp³-hybridized carbons (Fsp3) is 0.0500. The standard InChI is InChI=1S/C20H18NO2P/c1-23-17-11-12-18(22)20(13-17)24-19-10-6-5-7-15(19)14-21-16-8-3-2-4-9-16/h2-14,22,24H,1H3. The topological polar surface area (TPSA) is 41.8 Å². The molecule has 0 fully saturated rings. The maximum absolute atomic E-state index is 10.1. The number of phenolic OH excluding ortho intramolecular Hbond substituents is 1. The lowest BCUT2D eigenvalue weighted by atomic mass is 10.2. The van der Waals surface area contributed by atoms with E-state index in [9.17, 15) is 5.11 Å². The number of para-hydroxylation sites is 1. The minimum absolute atomic E-state index is 0.281. The van der Waals surface area contributed by atoms with Gasteiger partial charge in [-0.2, -0.15) is 0 Å². The van der Waals surface area contributed by atoms with Gasteiger partial charge in [-0.15, -0.1) is 0 Å². The van der Waals surface area contributed by atoms with Gasteiger partial charge >= 0.3 is 0 Å². The van der Waals surface area contributed by atoms with E-state index in [1.165, 1.54) is 0 Å². The molecule has 0 aliphatic carbocycles. The van der Waals surface area contributed by atoms with Gasteiger partial charge in [0.25, 0.3) is 0 Å². The Hall–Kier alpha value is -2.64. The number of ether oxygens (including phenoxy) is 1. The number of aliphatic imine (C=N–C) groups is 1. The Morgan fingerprint density at radius 2 is 1.67 bits per heavy atom. The fourth-order valence-electron chi connectivity index (χ4n) is 2.27. The lowest BCUT2D eigenvalue weighted by molar-refractivity contribution is 0.413. The second kappa shape index (κ2) is 7.76. The zero-order valence-electron chi connectivity index (χ0n) is 13.3. The number of phenols is 1. The third kappa shape index (κ3) is 4.01. The Morgan fingerprint density at radius 1 is 0.917 bits per heavy atom. The number of hydrogen-bond donors (Lipinski definition) is 1. The van der Waals surface area contributed by atoms with Gasteiger partial charge in [0.2, 0.25) is 0 Å². The molecule has 0 saturated carbocycles. The molecule has 1 unspecified atom stereocenters. The minimum Gasteiger partial charge on any atom is -0.507 e. The zero-order chi connectivity index (χ0) is 16.8. The SMILES string of the molecule is COc1ccc(O)c(Pc2ccccc2C=Nc2ccccc2)c1. The van der Waals surface area contributed by atoms with Crippen LogP contribution in [0.1, 0.15) is 5.56 Å². The molecule has 3 nitrogen and oxygen atoms in total. The van der Waals surface area contributed by atoms with Crippen LogP contribution in [0.3, 0.4) is 0 Å². The first-order chi connectivity index (χ1) is 11.8. The van der Waals surface area contributed by atoms with Crippen LogP contribution in [-0.4, -0.2) is 18.4 Å². The molecule has 3 aromatic rings. The Bertz CT molecular complexity index is 847. The molecule has 0 saturated heterocycles. The summed E-state index contributed by atoms with van der Waals surface area (Å²) in [4.78, 5) is 4.53. The number of nitrogens with zero attached hydrogens (tertiary/aromatic N) is 1. The fourth-order valence-corrected chi connectivity index (χ4v) is 3.46. The highest BCUT2D eigenvalue weighted by atomic mass is 31.1. The molecule has 0 amide bonds. The maximum Gasteiger partial charge on any atom is 0.123 e. The summed E-state index contributed by atoms with van der Waals surface area (Å²) >= 11 is 0. The van der Waals surface area contributed by atoms with E-state index < -0.39 is 0 Å². The van der Waals surface area contributed by atoms with Gasteiger partial charge in [-0.05, 0) is 35.6 Å². The molecule has 0 bridgehead atoms. The van der Waals surface area contributed by atoms with Crippen molar-refractivity contribution in [3.05, 3.63) is 78.4 Å². The van der Waals surface area contributed by atoms with Gasteiger partial charge in [0.05, 0.1) is 12.8 Å². The number of rotatable bonds is 5. The summed E-state index contributed by atoms with van der Waals surface area (Å²) in [6.07, 6.45) is 1.87. The molecule has 24 heavy (non-hydrogen) atoms. The molecule has 0 aliphatic rings. The molecule has 4 heteroatoms. The number of benzene rings is 3. The van der Waals surface area contributed by atoms with Gasteiger partial charge in [-0.1, -0.05) is 51.0 Å². The third-order valence-corrected chi connectivity index (χ3v) is 4.94. The maximum atomic E-state index is 10.1. The molecule has 120 valence electrons. The van der Waals surface area contributed by atoms with Gasteiger partial charge < -0.3 is 9.84 Å². The van der Waals surface area contributed by atoms with Crippen LogP contribution < -0.4 is 15.3 Å². The average Bonchev–Trinajstić information content (AvgIpc) is 2.63. The number of aromatic hydroxyl groups is 1. The summed E-state index contributed by atoms with van der Waals surface area (Å²) in [6.45, 7) is 0. The van der Waals surface area contributed by atoms with Crippen molar-refractivity contribution in [3.63, 3.8) is 0 Å². The minimum atomic E-state index is 0.281. The van der Waals surface area contributed by atoms with E-state index in [-0.39, 0.29) is 5.75 Å². The van der Waals surface area contributed by atoms with E-state index >= 15 is 0 Å². The molecule has 0 heterocycles. The van der Waals surface area contributed by atoms with Crippen molar-refractivity contribution in [2.24, 2.45) is 4.99 Å². The van der Waals surface area contributed by atoms with E-state index in [4.69, 9.17) is 4.74 Å². The molecule has 0 aliphatic heterocycles. The first-order valence-electron chi connectivity index (χ1n) is 7.58. The van der Waals surface area contributed by atoms with Gasteiger partial charge in [0.15, 0.2) is 0 Å². The zero-order valence-corrected chi connectivity index (χ0v) is 14.3. The van der Waals surface area contributed by atoms with Gasteiger partial charge in [-0.3, -0.25) is 4.99 Å². The van der Waals surface area contributed by atoms with Gasteiger partial charge in [-0.25, -0.2) is 0 Å². The van der Waals surface area contributed by atoms with Crippen LogP contribution in [0.2, 0.25) is 0 Å². The number of hydrogen-bond acceptors (Lipinski definition) is 3. The average molecular weight is 335 g/mol. The van der Waals surface area contributed by atoms with Gasteiger partial charge in [0, 0.05) is 17.1 Å². The molecular formula is C20H18NO2P. The molecule has 0 aromatic heterocycles. The van der Waals surface area contributed by atoms with Crippen LogP contribution >= 0.6 is 8.58 Å². The molecule has 3 aromatic carbocycles.